The first-order chi connectivity index (χ1) is 22.3. The molecule has 0 saturated carbocycles. The highest BCUT2D eigenvalue weighted by molar-refractivity contribution is 7.26. The van der Waals surface area contributed by atoms with Crippen molar-refractivity contribution in [3.05, 3.63) is 158 Å². The number of hydrogen-bond acceptors (Lipinski definition) is 5. The molecule has 0 unspecified atom stereocenters. The minimum atomic E-state index is 0.0740. The maximum Gasteiger partial charge on any atom is 0.412 e. The van der Waals surface area contributed by atoms with Gasteiger partial charge in [-0.2, -0.15) is 0 Å². The second kappa shape index (κ2) is 10.7. The molecule has 0 atom stereocenters. The molecule has 6 aromatic rings. The third-order valence-electron chi connectivity index (χ3n) is 8.76. The summed E-state index contributed by atoms with van der Waals surface area (Å²) in [7, 11) is 2.11. The van der Waals surface area contributed by atoms with Crippen LogP contribution in [0, 0.1) is 0 Å². The molecule has 1 N–H and O–H groups in total. The first kappa shape index (κ1) is 26.0. The van der Waals surface area contributed by atoms with E-state index in [0.717, 1.165) is 22.6 Å². The van der Waals surface area contributed by atoms with Crippen molar-refractivity contribution in [2.24, 2.45) is 0 Å². The first-order valence-corrected chi connectivity index (χ1v) is 16.0. The van der Waals surface area contributed by atoms with Gasteiger partial charge in [0, 0.05) is 33.0 Å². The van der Waals surface area contributed by atoms with E-state index >= 15 is 0 Å². The Hall–Kier alpha value is -5.39. The number of allylic oxidation sites excluding steroid dienone is 4. The van der Waals surface area contributed by atoms with Crippen LogP contribution in [0.5, 0.6) is 0 Å². The van der Waals surface area contributed by atoms with Gasteiger partial charge in [-0.3, -0.25) is 0 Å². The Balaban J connectivity index is 1.15. The average molecular weight is 593 g/mol. The summed E-state index contributed by atoms with van der Waals surface area (Å²) in [5, 5.41) is 6.17. The number of para-hydroxylation sites is 1. The molecule has 1 radical (unpaired) electrons. The van der Waals surface area contributed by atoms with E-state index in [-0.39, 0.29) is 6.98 Å². The van der Waals surface area contributed by atoms with Crippen LogP contribution >= 0.6 is 11.3 Å². The zero-order chi connectivity index (χ0) is 29.7. The van der Waals surface area contributed by atoms with Crippen LogP contribution in [0.15, 0.2) is 158 Å². The van der Waals surface area contributed by atoms with Crippen molar-refractivity contribution in [2.75, 3.05) is 19.7 Å². The molecule has 7 heteroatoms. The van der Waals surface area contributed by atoms with Crippen LogP contribution in [0.25, 0.3) is 31.3 Å². The van der Waals surface area contributed by atoms with Crippen LogP contribution in [0.3, 0.4) is 0 Å². The van der Waals surface area contributed by atoms with E-state index in [1.165, 1.54) is 42.8 Å². The monoisotopic (exact) mass is 593 g/mol. The zero-order valence-electron chi connectivity index (χ0n) is 24.4. The molecule has 0 fully saturated rings. The van der Waals surface area contributed by atoms with Crippen molar-refractivity contribution >= 4 is 80.0 Å². The standard InChI is InChI=1S/C38H27B2N4S/c1-2-11-29(12-3-1)43-33-19-17-27(25-32(33)41-23-8-6-21-39-43)28-18-20-34-36(26-28)42-24-9-7-22-40(42)44(34)35-15-10-14-31-30-13-4-5-16-37(30)45-38(31)35/h1-26,41H/b21-6-,23-8-. The quantitative estimate of drug-likeness (QED) is 0.206. The van der Waals surface area contributed by atoms with Crippen LogP contribution in [-0.4, -0.2) is 14.4 Å². The molecule has 3 aliphatic rings. The third kappa shape index (κ3) is 4.31. The highest BCUT2D eigenvalue weighted by Crippen LogP contribution is 2.50. The van der Waals surface area contributed by atoms with E-state index < -0.39 is 0 Å². The van der Waals surface area contributed by atoms with Gasteiger partial charge in [0.25, 0.3) is 7.41 Å². The van der Waals surface area contributed by atoms with Crippen LogP contribution in [0.4, 0.5) is 34.1 Å². The highest BCUT2D eigenvalue weighted by atomic mass is 32.1. The maximum absolute atomic E-state index is 3.54. The molecule has 0 spiro atoms. The molecule has 9 rings (SSSR count). The number of anilines is 6. The second-order valence-electron chi connectivity index (χ2n) is 11.3. The van der Waals surface area contributed by atoms with Crippen LogP contribution < -0.4 is 19.7 Å². The SMILES string of the molecule is [B]1/C=C\C=C/Nc2cc(-c3ccc4c(c3)N3C=CC=CB3N4c3cccc4c3sc3ccccc34)ccc2N1c1ccccc1. The van der Waals surface area contributed by atoms with Crippen LogP contribution in [-0.2, 0) is 0 Å². The summed E-state index contributed by atoms with van der Waals surface area (Å²) in [6.07, 6.45) is 12.6. The summed E-state index contributed by atoms with van der Waals surface area (Å²) in [5.74, 6) is 4.36. The van der Waals surface area contributed by atoms with Gasteiger partial charge in [-0.05, 0) is 78.0 Å². The van der Waals surface area contributed by atoms with E-state index in [2.05, 4.69) is 167 Å². The van der Waals surface area contributed by atoms with Crippen LogP contribution in [0.1, 0.15) is 0 Å². The molecule has 211 valence electrons. The Morgan fingerprint density at radius 2 is 1.47 bits per heavy atom. The minimum Gasteiger partial charge on any atom is -0.385 e. The fraction of sp³-hybridized carbons (Fsp3) is 0. The number of thiophene rings is 1. The number of benzene rings is 5. The lowest BCUT2D eigenvalue weighted by Gasteiger charge is -2.27. The van der Waals surface area contributed by atoms with Gasteiger partial charge < -0.3 is 19.7 Å². The van der Waals surface area contributed by atoms with Crippen molar-refractivity contribution in [3.63, 3.8) is 0 Å². The third-order valence-corrected chi connectivity index (χ3v) is 9.97. The lowest BCUT2D eigenvalue weighted by molar-refractivity contribution is 1.39. The Bertz CT molecular complexity index is 2220. The summed E-state index contributed by atoms with van der Waals surface area (Å²) < 4.78 is 2.65. The normalized spacial score (nSPS) is 16.4. The van der Waals surface area contributed by atoms with Gasteiger partial charge in [0.15, 0.2) is 0 Å². The molecule has 0 saturated heterocycles. The van der Waals surface area contributed by atoms with Gasteiger partial charge in [-0.15, -0.1) is 11.3 Å². The summed E-state index contributed by atoms with van der Waals surface area (Å²) in [6, 6.07) is 39.5. The Morgan fingerprint density at radius 1 is 0.644 bits per heavy atom. The van der Waals surface area contributed by atoms with Crippen molar-refractivity contribution in [3.8, 4) is 11.1 Å². The minimum absolute atomic E-state index is 0.0740. The molecule has 0 amide bonds. The predicted molar refractivity (Wildman–Crippen MR) is 196 cm³/mol. The second-order valence-corrected chi connectivity index (χ2v) is 12.4. The average Bonchev–Trinajstić information content (AvgIpc) is 3.66. The molecule has 1 aromatic heterocycles. The topological polar surface area (TPSA) is 21.8 Å². The number of nitrogens with one attached hydrogen (secondary N) is 1. The largest absolute Gasteiger partial charge is 0.412 e. The molecule has 4 nitrogen and oxygen atoms in total. The molecule has 45 heavy (non-hydrogen) atoms. The molecule has 0 bridgehead atoms. The van der Waals surface area contributed by atoms with Crippen molar-refractivity contribution in [1.82, 2.24) is 0 Å². The fourth-order valence-electron chi connectivity index (χ4n) is 6.70. The van der Waals surface area contributed by atoms with E-state index in [0.29, 0.717) is 0 Å². The van der Waals surface area contributed by atoms with Gasteiger partial charge in [-0.1, -0.05) is 84.8 Å². The first-order valence-electron chi connectivity index (χ1n) is 15.2. The van der Waals surface area contributed by atoms with Crippen molar-refractivity contribution in [1.29, 1.82) is 0 Å². The van der Waals surface area contributed by atoms with Gasteiger partial charge in [0.05, 0.1) is 27.4 Å². The van der Waals surface area contributed by atoms with Crippen LogP contribution in [0.2, 0.25) is 0 Å². The summed E-state index contributed by atoms with van der Waals surface area (Å²) in [6.45, 7) is 0.0740. The van der Waals surface area contributed by atoms with Gasteiger partial charge >= 0.3 is 6.98 Å². The molecule has 5 aromatic carbocycles. The molecule has 4 heterocycles. The van der Waals surface area contributed by atoms with Gasteiger partial charge in [0.2, 0.25) is 0 Å². The molecular formula is C38H27B2N4S. The van der Waals surface area contributed by atoms with E-state index in [1.807, 2.05) is 29.7 Å². The lowest BCUT2D eigenvalue weighted by Crippen LogP contribution is -2.42. The maximum atomic E-state index is 3.54. The summed E-state index contributed by atoms with van der Waals surface area (Å²) in [4.78, 5) is 7.11. The van der Waals surface area contributed by atoms with Crippen molar-refractivity contribution < 1.29 is 0 Å². The number of rotatable bonds is 3. The number of hydrogen-bond donors (Lipinski definition) is 1. The summed E-state index contributed by atoms with van der Waals surface area (Å²) >= 11 is 1.88. The number of fused-ring (bicyclic) bond motifs is 7. The van der Waals surface area contributed by atoms with Gasteiger partial charge in [0.1, 0.15) is 0 Å². The lowest BCUT2D eigenvalue weighted by atomic mass is 9.71. The Labute approximate surface area is 267 Å². The predicted octanol–water partition coefficient (Wildman–Crippen LogP) is 10.0. The van der Waals surface area contributed by atoms with E-state index in [4.69, 9.17) is 0 Å². The smallest absolute Gasteiger partial charge is 0.385 e. The Morgan fingerprint density at radius 3 is 2.40 bits per heavy atom. The highest BCUT2D eigenvalue weighted by Gasteiger charge is 2.40. The van der Waals surface area contributed by atoms with Gasteiger partial charge in [-0.25, -0.2) is 0 Å². The molecular weight excluding hydrogens is 566 g/mol. The van der Waals surface area contributed by atoms with E-state index in [9.17, 15) is 0 Å². The zero-order valence-corrected chi connectivity index (χ0v) is 25.2. The fourth-order valence-corrected chi connectivity index (χ4v) is 7.91. The number of nitrogens with zero attached hydrogens (tertiary/aromatic N) is 3. The van der Waals surface area contributed by atoms with E-state index in [1.54, 1.807) is 0 Å². The summed E-state index contributed by atoms with van der Waals surface area (Å²) in [5.41, 5.74) is 9.26. The Kier molecular flexibility index (Phi) is 6.17. The molecule has 0 aliphatic carbocycles. The molecule has 3 aliphatic heterocycles. The van der Waals surface area contributed by atoms with Crippen molar-refractivity contribution in [2.45, 2.75) is 0 Å².